The number of benzene rings is 2. The molecule has 150 valence electrons. The van der Waals surface area contributed by atoms with Gasteiger partial charge in [-0.25, -0.2) is 9.69 Å². The number of hydrogen-bond donors (Lipinski definition) is 1. The number of anilines is 1. The molecule has 2 aromatic carbocycles. The average Bonchev–Trinajstić information content (AvgIpc) is 2.73. The SMILES string of the molecule is COc1ccc(N2C(=O)NC(=O)/C(=C/c3coc4ccc(Cl)cc4c3=O)C2=O)cc1. The molecule has 0 aliphatic carbocycles. The van der Waals surface area contributed by atoms with Gasteiger partial charge in [-0.05, 0) is 48.5 Å². The third kappa shape index (κ3) is 3.33. The van der Waals surface area contributed by atoms with Crippen LogP contribution in [0.2, 0.25) is 5.02 Å². The van der Waals surface area contributed by atoms with E-state index >= 15 is 0 Å². The molecule has 2 heterocycles. The number of urea groups is 1. The van der Waals surface area contributed by atoms with E-state index in [2.05, 4.69) is 5.32 Å². The molecule has 4 amide bonds. The van der Waals surface area contributed by atoms with Crippen molar-refractivity contribution in [3.8, 4) is 5.75 Å². The van der Waals surface area contributed by atoms with Crippen LogP contribution in [-0.4, -0.2) is 25.0 Å². The highest BCUT2D eigenvalue weighted by Crippen LogP contribution is 2.24. The van der Waals surface area contributed by atoms with Crippen LogP contribution in [0.5, 0.6) is 5.75 Å². The summed E-state index contributed by atoms with van der Waals surface area (Å²) in [6.07, 6.45) is 2.23. The summed E-state index contributed by atoms with van der Waals surface area (Å²) in [7, 11) is 1.48. The number of imide groups is 2. The molecule has 3 aromatic rings. The monoisotopic (exact) mass is 424 g/mol. The molecule has 9 heteroatoms. The van der Waals surface area contributed by atoms with Gasteiger partial charge in [-0.2, -0.15) is 0 Å². The summed E-state index contributed by atoms with van der Waals surface area (Å²) in [5, 5.41) is 2.63. The minimum absolute atomic E-state index is 0.0349. The number of hydrogen-bond acceptors (Lipinski definition) is 6. The molecule has 0 saturated carbocycles. The van der Waals surface area contributed by atoms with Gasteiger partial charge in [0.05, 0.1) is 23.7 Å². The van der Waals surface area contributed by atoms with Crippen LogP contribution in [-0.2, 0) is 9.59 Å². The highest BCUT2D eigenvalue weighted by atomic mass is 35.5. The average molecular weight is 425 g/mol. The van der Waals surface area contributed by atoms with Crippen LogP contribution < -0.4 is 20.4 Å². The summed E-state index contributed by atoms with van der Waals surface area (Å²) >= 11 is 5.94. The molecular weight excluding hydrogens is 412 g/mol. The summed E-state index contributed by atoms with van der Waals surface area (Å²) in [6.45, 7) is 0. The van der Waals surface area contributed by atoms with Gasteiger partial charge in [0, 0.05) is 5.02 Å². The third-order valence-corrected chi connectivity index (χ3v) is 4.73. The maximum atomic E-state index is 12.9. The quantitative estimate of drug-likeness (QED) is 0.511. The zero-order chi connectivity index (χ0) is 21.4. The topological polar surface area (TPSA) is 106 Å². The van der Waals surface area contributed by atoms with Crippen LogP contribution >= 0.6 is 11.6 Å². The second-order valence-corrected chi connectivity index (χ2v) is 6.75. The molecule has 0 spiro atoms. The molecule has 1 aliphatic rings. The second kappa shape index (κ2) is 7.49. The van der Waals surface area contributed by atoms with Gasteiger partial charge in [0.1, 0.15) is 23.2 Å². The van der Waals surface area contributed by atoms with Crippen molar-refractivity contribution in [3.05, 3.63) is 75.1 Å². The van der Waals surface area contributed by atoms with Crippen LogP contribution in [0.25, 0.3) is 17.0 Å². The molecule has 1 aromatic heterocycles. The minimum atomic E-state index is -0.916. The van der Waals surface area contributed by atoms with Gasteiger partial charge in [0.2, 0.25) is 0 Å². The Kier molecular flexibility index (Phi) is 4.85. The Morgan fingerprint density at radius 1 is 1.07 bits per heavy atom. The van der Waals surface area contributed by atoms with Gasteiger partial charge in [-0.15, -0.1) is 0 Å². The molecule has 0 bridgehead atoms. The normalized spacial score (nSPS) is 15.6. The fourth-order valence-electron chi connectivity index (χ4n) is 3.00. The van der Waals surface area contributed by atoms with Gasteiger partial charge in [-0.1, -0.05) is 11.6 Å². The zero-order valence-electron chi connectivity index (χ0n) is 15.5. The van der Waals surface area contributed by atoms with E-state index in [4.69, 9.17) is 20.8 Å². The van der Waals surface area contributed by atoms with E-state index in [1.807, 2.05) is 0 Å². The van der Waals surface area contributed by atoms with Crippen LogP contribution in [0, 0.1) is 0 Å². The maximum Gasteiger partial charge on any atom is 0.335 e. The Bertz CT molecular complexity index is 1290. The van der Waals surface area contributed by atoms with Crippen LogP contribution in [0.3, 0.4) is 0 Å². The smallest absolute Gasteiger partial charge is 0.335 e. The number of rotatable bonds is 3. The van der Waals surface area contributed by atoms with E-state index in [-0.39, 0.29) is 22.2 Å². The van der Waals surface area contributed by atoms with Crippen LogP contribution in [0.1, 0.15) is 5.56 Å². The number of fused-ring (bicyclic) bond motifs is 1. The van der Waals surface area contributed by atoms with Gasteiger partial charge >= 0.3 is 6.03 Å². The van der Waals surface area contributed by atoms with Crippen molar-refractivity contribution in [1.82, 2.24) is 5.32 Å². The zero-order valence-corrected chi connectivity index (χ0v) is 16.2. The first-order chi connectivity index (χ1) is 14.4. The van der Waals surface area contributed by atoms with Gasteiger partial charge in [0.25, 0.3) is 11.8 Å². The molecule has 30 heavy (non-hydrogen) atoms. The predicted molar refractivity (Wildman–Crippen MR) is 109 cm³/mol. The molecule has 0 radical (unpaired) electrons. The number of nitrogens with one attached hydrogen (secondary N) is 1. The lowest BCUT2D eigenvalue weighted by molar-refractivity contribution is -0.122. The fraction of sp³-hybridized carbons (Fsp3) is 0.0476. The van der Waals surface area contributed by atoms with E-state index in [1.54, 1.807) is 24.3 Å². The number of methoxy groups -OCH3 is 1. The number of barbiturate groups is 1. The van der Waals surface area contributed by atoms with Crippen LogP contribution in [0.15, 0.2) is 63.5 Å². The van der Waals surface area contributed by atoms with Gasteiger partial charge in [0.15, 0.2) is 5.43 Å². The minimum Gasteiger partial charge on any atom is -0.497 e. The Labute approximate surface area is 174 Å². The Morgan fingerprint density at radius 2 is 1.80 bits per heavy atom. The third-order valence-electron chi connectivity index (χ3n) is 4.49. The second-order valence-electron chi connectivity index (χ2n) is 6.32. The standard InChI is InChI=1S/C21H13ClN2O6/c1-29-14-5-3-13(4-6-14)24-20(27)16(19(26)23-21(24)28)8-11-10-30-17-7-2-12(22)9-15(17)18(11)25/h2-10H,1H3,(H,23,26,28)/b16-8-. The summed E-state index contributed by atoms with van der Waals surface area (Å²) in [5.74, 6) is -1.26. The van der Waals surface area contributed by atoms with Gasteiger partial charge in [-0.3, -0.25) is 19.7 Å². The van der Waals surface area contributed by atoms with E-state index in [9.17, 15) is 19.2 Å². The molecule has 4 rings (SSSR count). The first-order valence-electron chi connectivity index (χ1n) is 8.65. The summed E-state index contributed by atoms with van der Waals surface area (Å²) < 4.78 is 10.5. The largest absolute Gasteiger partial charge is 0.497 e. The molecule has 1 N–H and O–H groups in total. The van der Waals surface area contributed by atoms with E-state index in [0.29, 0.717) is 16.4 Å². The van der Waals surface area contributed by atoms with Gasteiger partial charge < -0.3 is 9.15 Å². The lowest BCUT2D eigenvalue weighted by Gasteiger charge is -2.26. The fourth-order valence-corrected chi connectivity index (χ4v) is 3.17. The van der Waals surface area contributed by atoms with E-state index in [1.165, 1.54) is 25.3 Å². The number of amides is 4. The number of carbonyl (C=O) groups excluding carboxylic acids is 3. The van der Waals surface area contributed by atoms with E-state index in [0.717, 1.165) is 17.2 Å². The maximum absolute atomic E-state index is 12.9. The number of carbonyl (C=O) groups is 3. The summed E-state index contributed by atoms with van der Waals surface area (Å²) in [6, 6.07) is 9.77. The lowest BCUT2D eigenvalue weighted by Crippen LogP contribution is -2.54. The molecule has 0 unspecified atom stereocenters. The number of ether oxygens (including phenoxy) is 1. The molecule has 0 atom stereocenters. The number of halogens is 1. The Morgan fingerprint density at radius 3 is 2.50 bits per heavy atom. The summed E-state index contributed by atoms with van der Waals surface area (Å²) in [4.78, 5) is 51.0. The molecule has 1 saturated heterocycles. The van der Waals surface area contributed by atoms with Crippen molar-refractivity contribution < 1.29 is 23.5 Å². The number of nitrogens with zero attached hydrogens (tertiary/aromatic N) is 1. The van der Waals surface area contributed by atoms with Crippen molar-refractivity contribution in [1.29, 1.82) is 0 Å². The molecule has 8 nitrogen and oxygen atoms in total. The molecular formula is C21H13ClN2O6. The Balaban J connectivity index is 1.78. The molecule has 1 fully saturated rings. The molecule has 1 aliphatic heterocycles. The van der Waals surface area contributed by atoms with Crippen molar-refractivity contribution in [3.63, 3.8) is 0 Å². The lowest BCUT2D eigenvalue weighted by atomic mass is 10.1. The van der Waals surface area contributed by atoms with Crippen molar-refractivity contribution in [2.75, 3.05) is 12.0 Å². The first kappa shape index (κ1) is 19.4. The predicted octanol–water partition coefficient (Wildman–Crippen LogP) is 3.12. The summed E-state index contributed by atoms with van der Waals surface area (Å²) in [5.41, 5.74) is -0.360. The van der Waals surface area contributed by atoms with Crippen LogP contribution in [0.4, 0.5) is 10.5 Å². The van der Waals surface area contributed by atoms with E-state index < -0.39 is 23.3 Å². The highest BCUT2D eigenvalue weighted by molar-refractivity contribution is 6.39. The Hall–Kier alpha value is -3.91. The van der Waals surface area contributed by atoms with Crippen molar-refractivity contribution in [2.24, 2.45) is 0 Å². The van der Waals surface area contributed by atoms with Crippen molar-refractivity contribution in [2.45, 2.75) is 0 Å². The highest BCUT2D eigenvalue weighted by Gasteiger charge is 2.37. The first-order valence-corrected chi connectivity index (χ1v) is 9.03. The van der Waals surface area contributed by atoms with Crippen molar-refractivity contribution >= 4 is 52.2 Å².